The molecule has 5 nitrogen and oxygen atoms in total. The van der Waals surface area contributed by atoms with Crippen molar-refractivity contribution in [2.24, 2.45) is 5.92 Å². The van der Waals surface area contributed by atoms with Gasteiger partial charge >= 0.3 is 0 Å². The molecule has 142 valence electrons. The molecule has 4 aliphatic rings. The Bertz CT molecular complexity index is 642. The number of rotatable bonds is 6. The van der Waals surface area contributed by atoms with Crippen LogP contribution in [0.1, 0.15) is 44.1 Å². The number of amides is 1. The Morgan fingerprint density at radius 3 is 2.81 bits per heavy atom. The van der Waals surface area contributed by atoms with E-state index >= 15 is 0 Å². The van der Waals surface area contributed by atoms with E-state index in [0.717, 1.165) is 38.0 Å². The molecule has 1 N–H and O–H groups in total. The first-order valence-electron chi connectivity index (χ1n) is 10.1. The topological polar surface area (TPSA) is 53.0 Å². The van der Waals surface area contributed by atoms with E-state index in [-0.39, 0.29) is 18.4 Å². The normalized spacial score (nSPS) is 32.7. The van der Waals surface area contributed by atoms with Crippen LogP contribution in [0.5, 0.6) is 5.75 Å². The van der Waals surface area contributed by atoms with Crippen molar-refractivity contribution in [2.45, 2.75) is 50.6 Å². The molecule has 0 unspecified atom stereocenters. The average Bonchev–Trinajstić information content (AvgIpc) is 3.09. The largest absolute Gasteiger partial charge is 0.508 e. The summed E-state index contributed by atoms with van der Waals surface area (Å²) >= 11 is 0. The van der Waals surface area contributed by atoms with Gasteiger partial charge in [0.2, 0.25) is 5.91 Å². The van der Waals surface area contributed by atoms with E-state index in [4.69, 9.17) is 4.74 Å². The van der Waals surface area contributed by atoms with E-state index < -0.39 is 0 Å². The summed E-state index contributed by atoms with van der Waals surface area (Å²) in [7, 11) is 0. The highest BCUT2D eigenvalue weighted by molar-refractivity contribution is 5.78. The highest BCUT2D eigenvalue weighted by Crippen LogP contribution is 2.46. The third-order valence-corrected chi connectivity index (χ3v) is 6.48. The first kappa shape index (κ1) is 17.8. The standard InChI is InChI=1S/C21H30N2O3/c1-2-3-11-26-14-19(25)23-13-18(16-5-4-6-17(24)12-16)21-20(23)15-7-9-22(21)10-8-15/h4-6,12,15,18,20-21,24H,2-3,7-11,13-14H2,1H3/t18-,20+,21+/m1/s1. The van der Waals surface area contributed by atoms with Crippen molar-refractivity contribution in [1.29, 1.82) is 0 Å². The molecular weight excluding hydrogens is 328 g/mol. The van der Waals surface area contributed by atoms with Gasteiger partial charge in [0.15, 0.2) is 0 Å². The zero-order valence-corrected chi connectivity index (χ0v) is 15.6. The Balaban J connectivity index is 1.55. The van der Waals surface area contributed by atoms with Crippen LogP contribution in [0.4, 0.5) is 0 Å². The van der Waals surface area contributed by atoms with Gasteiger partial charge in [0.05, 0.1) is 6.04 Å². The minimum Gasteiger partial charge on any atom is -0.508 e. The Hall–Kier alpha value is -1.59. The summed E-state index contributed by atoms with van der Waals surface area (Å²) in [5.41, 5.74) is 1.15. The van der Waals surface area contributed by atoms with Crippen molar-refractivity contribution >= 4 is 5.91 Å². The first-order chi connectivity index (χ1) is 12.7. The number of phenols is 1. The van der Waals surface area contributed by atoms with Crippen molar-refractivity contribution in [3.63, 3.8) is 0 Å². The molecule has 5 rings (SSSR count). The number of fused-ring (bicyclic) bond motifs is 2. The molecule has 4 saturated heterocycles. The van der Waals surface area contributed by atoms with Gasteiger partial charge in [-0.3, -0.25) is 9.69 Å². The average molecular weight is 358 g/mol. The SMILES string of the molecule is CCCCOCC(=O)N1C[C@H](c2cccc(O)c2)[C@H]2[C@@H]1C1CCN2CC1. The molecule has 0 saturated carbocycles. The first-order valence-corrected chi connectivity index (χ1v) is 10.1. The van der Waals surface area contributed by atoms with Gasteiger partial charge in [0.1, 0.15) is 12.4 Å². The van der Waals surface area contributed by atoms with Crippen LogP contribution in [-0.2, 0) is 9.53 Å². The summed E-state index contributed by atoms with van der Waals surface area (Å²) in [6, 6.07) is 8.27. The zero-order valence-electron chi connectivity index (χ0n) is 15.6. The van der Waals surface area contributed by atoms with Crippen LogP contribution >= 0.6 is 0 Å². The van der Waals surface area contributed by atoms with Crippen molar-refractivity contribution in [3.8, 4) is 5.75 Å². The lowest BCUT2D eigenvalue weighted by Gasteiger charge is -2.51. The summed E-state index contributed by atoms with van der Waals surface area (Å²) in [6.45, 7) is 6.00. The molecule has 5 heteroatoms. The Labute approximate surface area is 155 Å². The fourth-order valence-corrected chi connectivity index (χ4v) is 5.24. The van der Waals surface area contributed by atoms with Crippen molar-refractivity contribution in [3.05, 3.63) is 29.8 Å². The molecular formula is C21H30N2O3. The molecule has 1 aromatic carbocycles. The second kappa shape index (κ2) is 7.57. The van der Waals surface area contributed by atoms with Gasteiger partial charge in [-0.1, -0.05) is 25.5 Å². The zero-order chi connectivity index (χ0) is 18.1. The Morgan fingerprint density at radius 2 is 2.08 bits per heavy atom. The molecule has 1 aromatic rings. The van der Waals surface area contributed by atoms with Crippen molar-refractivity contribution in [2.75, 3.05) is 32.8 Å². The lowest BCUT2D eigenvalue weighted by Crippen LogP contribution is -2.61. The fraction of sp³-hybridized carbons (Fsp3) is 0.667. The minimum absolute atomic E-state index is 0.132. The van der Waals surface area contributed by atoms with Crippen LogP contribution in [0.25, 0.3) is 0 Å². The minimum atomic E-state index is 0.132. The number of hydrogen-bond donors (Lipinski definition) is 1. The third-order valence-electron chi connectivity index (χ3n) is 6.48. The molecule has 0 radical (unpaired) electrons. The number of likely N-dealkylation sites (tertiary alicyclic amines) is 1. The van der Waals surface area contributed by atoms with Gasteiger partial charge in [-0.25, -0.2) is 0 Å². The van der Waals surface area contributed by atoms with Crippen LogP contribution in [0.2, 0.25) is 0 Å². The number of carbonyl (C=O) groups excluding carboxylic acids is 1. The number of ether oxygens (including phenoxy) is 1. The van der Waals surface area contributed by atoms with Crippen LogP contribution in [-0.4, -0.2) is 65.7 Å². The predicted molar refractivity (Wildman–Crippen MR) is 100 cm³/mol. The Kier molecular flexibility index (Phi) is 5.18. The van der Waals surface area contributed by atoms with Crippen LogP contribution in [0, 0.1) is 5.92 Å². The number of benzene rings is 1. The number of hydrogen-bond acceptors (Lipinski definition) is 4. The maximum Gasteiger partial charge on any atom is 0.248 e. The Morgan fingerprint density at radius 1 is 1.27 bits per heavy atom. The molecule has 0 spiro atoms. The monoisotopic (exact) mass is 358 g/mol. The summed E-state index contributed by atoms with van der Waals surface area (Å²) in [5.74, 6) is 1.32. The van der Waals surface area contributed by atoms with Crippen LogP contribution in [0.15, 0.2) is 24.3 Å². The second-order valence-electron chi connectivity index (χ2n) is 8.01. The van der Waals surface area contributed by atoms with Gasteiger partial charge in [0.25, 0.3) is 0 Å². The number of piperidine rings is 3. The van der Waals surface area contributed by atoms with E-state index in [0.29, 0.717) is 30.4 Å². The van der Waals surface area contributed by atoms with Gasteiger partial charge in [0, 0.05) is 25.1 Å². The molecule has 4 fully saturated rings. The van der Waals surface area contributed by atoms with E-state index in [1.807, 2.05) is 12.1 Å². The second-order valence-corrected chi connectivity index (χ2v) is 8.01. The maximum absolute atomic E-state index is 12.9. The van der Waals surface area contributed by atoms with Crippen molar-refractivity contribution in [1.82, 2.24) is 9.80 Å². The molecule has 1 amide bonds. The van der Waals surface area contributed by atoms with E-state index in [1.165, 1.54) is 12.8 Å². The molecule has 0 aromatic heterocycles. The van der Waals surface area contributed by atoms with Crippen molar-refractivity contribution < 1.29 is 14.6 Å². The molecule has 3 atom stereocenters. The number of nitrogens with zero attached hydrogens (tertiary/aromatic N) is 2. The summed E-state index contributed by atoms with van der Waals surface area (Å²) in [6.07, 6.45) is 4.46. The maximum atomic E-state index is 12.9. The van der Waals surface area contributed by atoms with Crippen LogP contribution in [0.3, 0.4) is 0 Å². The van der Waals surface area contributed by atoms with E-state index in [2.05, 4.69) is 22.8 Å². The molecule has 2 bridgehead atoms. The highest BCUT2D eigenvalue weighted by Gasteiger charge is 2.54. The lowest BCUT2D eigenvalue weighted by molar-refractivity contribution is -0.140. The summed E-state index contributed by atoms with van der Waals surface area (Å²) in [5, 5.41) is 9.93. The van der Waals surface area contributed by atoms with Gasteiger partial charge < -0.3 is 14.7 Å². The quantitative estimate of drug-likeness (QED) is 0.794. The smallest absolute Gasteiger partial charge is 0.248 e. The highest BCUT2D eigenvalue weighted by atomic mass is 16.5. The number of unbranched alkanes of at least 4 members (excludes halogenated alkanes) is 1. The predicted octanol–water partition coefficient (Wildman–Crippen LogP) is 2.60. The van der Waals surface area contributed by atoms with E-state index in [1.54, 1.807) is 6.07 Å². The number of carbonyl (C=O) groups is 1. The summed E-state index contributed by atoms with van der Waals surface area (Å²) < 4.78 is 5.62. The number of phenolic OH excluding ortho intramolecular Hbond substituents is 1. The molecule has 4 heterocycles. The number of aromatic hydroxyl groups is 1. The fourth-order valence-electron chi connectivity index (χ4n) is 5.24. The van der Waals surface area contributed by atoms with Gasteiger partial charge in [-0.2, -0.15) is 0 Å². The van der Waals surface area contributed by atoms with Crippen LogP contribution < -0.4 is 0 Å². The van der Waals surface area contributed by atoms with E-state index in [9.17, 15) is 9.90 Å². The molecule has 0 aliphatic carbocycles. The molecule has 4 aliphatic heterocycles. The lowest BCUT2D eigenvalue weighted by atomic mass is 9.75. The summed E-state index contributed by atoms with van der Waals surface area (Å²) in [4.78, 5) is 17.6. The third kappa shape index (κ3) is 3.23. The van der Waals surface area contributed by atoms with Gasteiger partial charge in [-0.15, -0.1) is 0 Å². The molecule has 26 heavy (non-hydrogen) atoms. The van der Waals surface area contributed by atoms with Gasteiger partial charge in [-0.05, 0) is 56.0 Å².